The van der Waals surface area contributed by atoms with E-state index in [2.05, 4.69) is 9.72 Å². The van der Waals surface area contributed by atoms with E-state index in [1.54, 1.807) is 22.7 Å². The summed E-state index contributed by atoms with van der Waals surface area (Å²) in [5.41, 5.74) is 1.25. The van der Waals surface area contributed by atoms with Crippen LogP contribution in [0.15, 0.2) is 55.0 Å². The number of ether oxygens (including phenoxy) is 1. The van der Waals surface area contributed by atoms with Crippen LogP contribution >= 0.6 is 0 Å². The molecule has 1 amide bonds. The molecule has 1 aromatic heterocycles. The van der Waals surface area contributed by atoms with Crippen molar-refractivity contribution >= 4 is 5.91 Å². The molecule has 0 unspecified atom stereocenters. The third kappa shape index (κ3) is 5.62. The summed E-state index contributed by atoms with van der Waals surface area (Å²) in [6, 6.07) is 9.23. The zero-order chi connectivity index (χ0) is 22.8. The van der Waals surface area contributed by atoms with Gasteiger partial charge in [0.05, 0.1) is 6.33 Å². The minimum Gasteiger partial charge on any atom is -0.406 e. The molecule has 0 bridgehead atoms. The van der Waals surface area contributed by atoms with Crippen molar-refractivity contribution in [2.24, 2.45) is 7.05 Å². The fourth-order valence-corrected chi connectivity index (χ4v) is 3.11. The smallest absolute Gasteiger partial charge is 0.406 e. The molecule has 0 fully saturated rings. The van der Waals surface area contributed by atoms with Crippen molar-refractivity contribution in [3.63, 3.8) is 0 Å². The Kier molecular flexibility index (Phi) is 6.33. The summed E-state index contributed by atoms with van der Waals surface area (Å²) in [7, 11) is 1.76. The fraction of sp³-hybridized carbons (Fsp3) is 0.273. The van der Waals surface area contributed by atoms with Gasteiger partial charge in [-0.05, 0) is 49.2 Å². The number of hydrogen-bond donors (Lipinski definition) is 0. The molecule has 5 nitrogen and oxygen atoms in total. The van der Waals surface area contributed by atoms with Gasteiger partial charge in [0.15, 0.2) is 0 Å². The molecule has 0 N–H and O–H groups in total. The van der Waals surface area contributed by atoms with Crippen LogP contribution in [-0.2, 0) is 13.6 Å². The highest BCUT2D eigenvalue weighted by molar-refractivity contribution is 5.92. The SMILES string of the molecule is CC(C)N(Cc1ccc(F)c(-c2cccc(OC(F)(F)F)c2)c1)C(=O)c1cn(C)cn1. The van der Waals surface area contributed by atoms with Crippen LogP contribution in [0.4, 0.5) is 17.6 Å². The molecule has 0 spiro atoms. The fourth-order valence-electron chi connectivity index (χ4n) is 3.11. The molecule has 0 saturated carbocycles. The van der Waals surface area contributed by atoms with Crippen molar-refractivity contribution in [2.75, 3.05) is 0 Å². The van der Waals surface area contributed by atoms with Gasteiger partial charge in [-0.3, -0.25) is 4.79 Å². The number of carbonyl (C=O) groups is 1. The van der Waals surface area contributed by atoms with Crippen LogP contribution in [0.2, 0.25) is 0 Å². The van der Waals surface area contributed by atoms with Gasteiger partial charge in [-0.25, -0.2) is 9.37 Å². The van der Waals surface area contributed by atoms with Crippen LogP contribution < -0.4 is 4.74 Å². The number of carbonyl (C=O) groups excluding carboxylic acids is 1. The van der Waals surface area contributed by atoms with E-state index in [9.17, 15) is 22.4 Å². The summed E-state index contributed by atoms with van der Waals surface area (Å²) in [4.78, 5) is 18.5. The van der Waals surface area contributed by atoms with Crippen molar-refractivity contribution in [1.29, 1.82) is 0 Å². The highest BCUT2D eigenvalue weighted by Gasteiger charge is 2.31. The zero-order valence-corrected chi connectivity index (χ0v) is 17.2. The average Bonchev–Trinajstić information content (AvgIpc) is 3.12. The number of hydrogen-bond acceptors (Lipinski definition) is 3. The van der Waals surface area contributed by atoms with Gasteiger partial charge in [0, 0.05) is 31.4 Å². The topological polar surface area (TPSA) is 47.4 Å². The van der Waals surface area contributed by atoms with Gasteiger partial charge in [-0.15, -0.1) is 13.2 Å². The van der Waals surface area contributed by atoms with E-state index in [1.165, 1.54) is 36.7 Å². The van der Waals surface area contributed by atoms with E-state index < -0.39 is 17.9 Å². The van der Waals surface area contributed by atoms with Gasteiger partial charge in [0.25, 0.3) is 5.91 Å². The van der Waals surface area contributed by atoms with Gasteiger partial charge in [-0.2, -0.15) is 0 Å². The van der Waals surface area contributed by atoms with E-state index >= 15 is 0 Å². The average molecular weight is 435 g/mol. The van der Waals surface area contributed by atoms with Crippen LogP contribution in [0.1, 0.15) is 29.9 Å². The molecule has 31 heavy (non-hydrogen) atoms. The molecule has 0 radical (unpaired) electrons. The summed E-state index contributed by atoms with van der Waals surface area (Å²) < 4.78 is 57.6. The lowest BCUT2D eigenvalue weighted by Crippen LogP contribution is -2.36. The summed E-state index contributed by atoms with van der Waals surface area (Å²) >= 11 is 0. The van der Waals surface area contributed by atoms with Crippen LogP contribution in [0.25, 0.3) is 11.1 Å². The van der Waals surface area contributed by atoms with Crippen molar-refractivity contribution in [3.05, 3.63) is 72.1 Å². The molecule has 0 aliphatic carbocycles. The van der Waals surface area contributed by atoms with Gasteiger partial charge < -0.3 is 14.2 Å². The summed E-state index contributed by atoms with van der Waals surface area (Å²) in [5, 5.41) is 0. The third-order valence-electron chi connectivity index (χ3n) is 4.57. The van der Waals surface area contributed by atoms with E-state index in [0.717, 1.165) is 12.1 Å². The summed E-state index contributed by atoms with van der Waals surface area (Å²) in [5.74, 6) is -1.31. The van der Waals surface area contributed by atoms with Gasteiger partial charge in [-0.1, -0.05) is 18.2 Å². The Labute approximate surface area is 176 Å². The number of amides is 1. The quantitative estimate of drug-likeness (QED) is 0.502. The van der Waals surface area contributed by atoms with Crippen LogP contribution in [0.5, 0.6) is 5.75 Å². The molecule has 0 atom stereocenters. The first-order valence-corrected chi connectivity index (χ1v) is 9.47. The van der Waals surface area contributed by atoms with Crippen molar-refractivity contribution in [2.45, 2.75) is 32.8 Å². The molecule has 0 saturated heterocycles. The van der Waals surface area contributed by atoms with E-state index in [-0.39, 0.29) is 35.3 Å². The number of alkyl halides is 3. The minimum absolute atomic E-state index is 0.110. The first-order chi connectivity index (χ1) is 14.5. The second-order valence-corrected chi connectivity index (χ2v) is 7.34. The second-order valence-electron chi connectivity index (χ2n) is 7.34. The minimum atomic E-state index is -4.84. The Hall–Kier alpha value is -3.36. The lowest BCUT2D eigenvalue weighted by molar-refractivity contribution is -0.274. The largest absolute Gasteiger partial charge is 0.573 e. The number of benzene rings is 2. The molecule has 2 aromatic carbocycles. The van der Waals surface area contributed by atoms with Gasteiger partial charge >= 0.3 is 6.36 Å². The third-order valence-corrected chi connectivity index (χ3v) is 4.57. The number of rotatable bonds is 6. The lowest BCUT2D eigenvalue weighted by atomic mass is 10.0. The zero-order valence-electron chi connectivity index (χ0n) is 17.2. The Morgan fingerprint density at radius 1 is 1.19 bits per heavy atom. The Morgan fingerprint density at radius 2 is 1.94 bits per heavy atom. The van der Waals surface area contributed by atoms with E-state index in [0.29, 0.717) is 5.56 Å². The highest BCUT2D eigenvalue weighted by atomic mass is 19.4. The van der Waals surface area contributed by atoms with Gasteiger partial charge in [0.1, 0.15) is 17.3 Å². The first kappa shape index (κ1) is 22.3. The van der Waals surface area contributed by atoms with Crippen LogP contribution in [0, 0.1) is 5.82 Å². The maximum Gasteiger partial charge on any atom is 0.573 e. The molecular formula is C22H21F4N3O2. The Bertz CT molecular complexity index is 1080. The summed E-state index contributed by atoms with van der Waals surface area (Å²) in [6.07, 6.45) is -1.71. The van der Waals surface area contributed by atoms with E-state index in [1.807, 2.05) is 13.8 Å². The number of aryl methyl sites for hydroxylation is 1. The van der Waals surface area contributed by atoms with Crippen LogP contribution in [0.3, 0.4) is 0 Å². The maximum absolute atomic E-state index is 14.5. The van der Waals surface area contributed by atoms with Crippen molar-refractivity contribution < 1.29 is 27.1 Å². The molecule has 3 aromatic rings. The lowest BCUT2D eigenvalue weighted by Gasteiger charge is -2.26. The molecule has 9 heteroatoms. The Morgan fingerprint density at radius 3 is 2.55 bits per heavy atom. The molecule has 0 aliphatic rings. The number of aromatic nitrogens is 2. The predicted molar refractivity (Wildman–Crippen MR) is 107 cm³/mol. The number of halogens is 4. The van der Waals surface area contributed by atoms with Crippen molar-refractivity contribution in [1.82, 2.24) is 14.5 Å². The molecule has 3 rings (SSSR count). The van der Waals surface area contributed by atoms with E-state index in [4.69, 9.17) is 0 Å². The molecule has 164 valence electrons. The monoisotopic (exact) mass is 435 g/mol. The standard InChI is InChI=1S/C22H21F4N3O2/c1-14(2)29(21(30)20-12-28(3)13-27-20)11-15-7-8-19(23)18(9-15)16-5-4-6-17(10-16)31-22(24,25)26/h4-10,12-14H,11H2,1-3H3. The first-order valence-electron chi connectivity index (χ1n) is 9.47. The molecule has 0 aliphatic heterocycles. The number of imidazole rings is 1. The van der Waals surface area contributed by atoms with Crippen LogP contribution in [-0.4, -0.2) is 32.8 Å². The normalized spacial score (nSPS) is 11.6. The Balaban J connectivity index is 1.90. The number of nitrogens with zero attached hydrogens (tertiary/aromatic N) is 3. The second kappa shape index (κ2) is 8.79. The highest BCUT2D eigenvalue weighted by Crippen LogP contribution is 2.30. The van der Waals surface area contributed by atoms with Crippen molar-refractivity contribution in [3.8, 4) is 16.9 Å². The maximum atomic E-state index is 14.5. The molecular weight excluding hydrogens is 414 g/mol. The molecule has 1 heterocycles. The van der Waals surface area contributed by atoms with Gasteiger partial charge in [0.2, 0.25) is 0 Å². The summed E-state index contributed by atoms with van der Waals surface area (Å²) in [6.45, 7) is 3.88. The predicted octanol–water partition coefficient (Wildman–Crippen LogP) is 5.18.